The number of fused-ring (bicyclic) bond motifs is 3. The third-order valence-corrected chi connectivity index (χ3v) is 7.22. The van der Waals surface area contributed by atoms with E-state index in [0.29, 0.717) is 0 Å². The van der Waals surface area contributed by atoms with Crippen molar-refractivity contribution in [1.29, 1.82) is 0 Å². The third kappa shape index (κ3) is 5.17. The number of methoxy groups -OCH3 is 1. The average molecular weight is 481 g/mol. The quantitative estimate of drug-likeness (QED) is 0.478. The third-order valence-electron chi connectivity index (χ3n) is 7.22. The van der Waals surface area contributed by atoms with E-state index in [2.05, 4.69) is 22.8 Å². The number of rotatable bonds is 10. The average Bonchev–Trinajstić information content (AvgIpc) is 3.13. The van der Waals surface area contributed by atoms with Crippen LogP contribution in [-0.2, 0) is 19.1 Å². The second-order valence-electron chi connectivity index (χ2n) is 9.82. The van der Waals surface area contributed by atoms with E-state index in [0.717, 1.165) is 41.5 Å². The van der Waals surface area contributed by atoms with Crippen molar-refractivity contribution < 1.29 is 29.0 Å². The summed E-state index contributed by atoms with van der Waals surface area (Å²) in [6, 6.07) is 16.1. The van der Waals surface area contributed by atoms with Crippen LogP contribution in [0.15, 0.2) is 48.5 Å². The summed E-state index contributed by atoms with van der Waals surface area (Å²) < 4.78 is 10.8. The fourth-order valence-electron chi connectivity index (χ4n) is 5.18. The first-order valence-corrected chi connectivity index (χ1v) is 11.9. The topological polar surface area (TPSA) is 114 Å². The number of alkyl carbamates (subject to hydrolysis) is 1. The Morgan fingerprint density at radius 3 is 2.17 bits per heavy atom. The molecule has 1 unspecified atom stereocenters. The summed E-state index contributed by atoms with van der Waals surface area (Å²) >= 11 is 0. The van der Waals surface area contributed by atoms with Gasteiger partial charge >= 0.3 is 12.1 Å². The lowest BCUT2D eigenvalue weighted by atomic mass is 9.66. The van der Waals surface area contributed by atoms with E-state index in [9.17, 15) is 19.5 Å². The highest BCUT2D eigenvalue weighted by Gasteiger charge is 2.42. The van der Waals surface area contributed by atoms with Crippen LogP contribution in [0.2, 0.25) is 0 Å². The minimum atomic E-state index is -1.37. The van der Waals surface area contributed by atoms with E-state index in [4.69, 9.17) is 9.47 Å². The van der Waals surface area contributed by atoms with E-state index in [1.54, 1.807) is 6.92 Å². The second kappa shape index (κ2) is 10.1. The minimum Gasteiger partial charge on any atom is -0.481 e. The molecule has 0 heterocycles. The maximum Gasteiger partial charge on any atom is 0.408 e. The molecule has 0 aromatic heterocycles. The Morgan fingerprint density at radius 2 is 1.66 bits per heavy atom. The predicted molar refractivity (Wildman–Crippen MR) is 130 cm³/mol. The van der Waals surface area contributed by atoms with E-state index in [1.807, 2.05) is 36.4 Å². The molecule has 2 aliphatic rings. The lowest BCUT2D eigenvalue weighted by molar-refractivity contribution is -0.142. The molecule has 2 aliphatic carbocycles. The molecule has 1 saturated carbocycles. The summed E-state index contributed by atoms with van der Waals surface area (Å²) in [6.07, 6.45) is 1.73. The molecule has 0 bridgehead atoms. The number of carbonyl (C=O) groups is 3. The monoisotopic (exact) mass is 480 g/mol. The van der Waals surface area contributed by atoms with Crippen molar-refractivity contribution in [1.82, 2.24) is 10.6 Å². The molecular weight excluding hydrogens is 448 g/mol. The van der Waals surface area contributed by atoms with E-state index >= 15 is 0 Å². The highest BCUT2D eigenvalue weighted by molar-refractivity contribution is 5.90. The SMILES string of the molecule is COCC(C)(NC(=O)OCC1c2ccccc2-c2ccccc21)C(=O)NCC1(CC(=O)O)CCC1. The van der Waals surface area contributed by atoms with Crippen LogP contribution in [0.3, 0.4) is 0 Å². The fourth-order valence-corrected chi connectivity index (χ4v) is 5.18. The van der Waals surface area contributed by atoms with Crippen LogP contribution >= 0.6 is 0 Å². The number of carboxylic acids is 1. The van der Waals surface area contributed by atoms with Gasteiger partial charge in [0.2, 0.25) is 5.91 Å². The van der Waals surface area contributed by atoms with Gasteiger partial charge in [0.15, 0.2) is 0 Å². The molecule has 0 radical (unpaired) electrons. The number of benzene rings is 2. The van der Waals surface area contributed by atoms with Crippen LogP contribution in [0.1, 0.15) is 49.7 Å². The van der Waals surface area contributed by atoms with Crippen LogP contribution in [0.4, 0.5) is 4.79 Å². The molecule has 2 amide bonds. The number of aliphatic carboxylic acids is 1. The van der Waals surface area contributed by atoms with Crippen LogP contribution in [0.5, 0.6) is 0 Å². The van der Waals surface area contributed by atoms with Gasteiger partial charge in [-0.3, -0.25) is 9.59 Å². The number of carbonyl (C=O) groups excluding carboxylic acids is 2. The summed E-state index contributed by atoms with van der Waals surface area (Å²) in [6.45, 7) is 1.88. The zero-order chi connectivity index (χ0) is 25.1. The summed E-state index contributed by atoms with van der Waals surface area (Å²) in [5.74, 6) is -1.41. The number of ether oxygens (including phenoxy) is 2. The Morgan fingerprint density at radius 1 is 1.06 bits per heavy atom. The summed E-state index contributed by atoms with van der Waals surface area (Å²) in [4.78, 5) is 37.1. The zero-order valence-corrected chi connectivity index (χ0v) is 20.1. The van der Waals surface area contributed by atoms with Gasteiger partial charge in [0.05, 0.1) is 13.0 Å². The van der Waals surface area contributed by atoms with Gasteiger partial charge in [-0.25, -0.2) is 4.79 Å². The molecule has 8 heteroatoms. The molecule has 0 aliphatic heterocycles. The number of carboxylic acid groups (broad SMARTS) is 1. The van der Waals surface area contributed by atoms with Gasteiger partial charge in [0.25, 0.3) is 0 Å². The summed E-state index contributed by atoms with van der Waals surface area (Å²) in [7, 11) is 1.45. The standard InChI is InChI=1S/C27H32N2O6/c1-26(17-34-2,24(32)28-16-27(12-7-13-27)14-23(30)31)29-25(33)35-15-22-20-10-5-3-8-18(20)19-9-4-6-11-21(19)22/h3-6,8-11,22H,7,12-17H2,1-2H3,(H,28,32)(H,29,33)(H,30,31). The Labute approximate surface area is 205 Å². The summed E-state index contributed by atoms with van der Waals surface area (Å²) in [5.41, 5.74) is 2.66. The maximum absolute atomic E-state index is 13.0. The first kappa shape index (κ1) is 24.7. The Bertz CT molecular complexity index is 1070. The first-order chi connectivity index (χ1) is 16.8. The molecule has 35 heavy (non-hydrogen) atoms. The number of nitrogens with one attached hydrogen (secondary N) is 2. The molecular formula is C27H32N2O6. The van der Waals surface area contributed by atoms with Crippen molar-refractivity contribution in [3.8, 4) is 11.1 Å². The van der Waals surface area contributed by atoms with Crippen molar-refractivity contribution in [2.24, 2.45) is 5.41 Å². The normalized spacial score (nSPS) is 17.3. The van der Waals surface area contributed by atoms with Gasteiger partial charge in [0, 0.05) is 19.6 Å². The van der Waals surface area contributed by atoms with Crippen LogP contribution < -0.4 is 10.6 Å². The largest absolute Gasteiger partial charge is 0.481 e. The zero-order valence-electron chi connectivity index (χ0n) is 20.1. The highest BCUT2D eigenvalue weighted by atomic mass is 16.5. The fraction of sp³-hybridized carbons (Fsp3) is 0.444. The van der Waals surface area contributed by atoms with Gasteiger partial charge in [0.1, 0.15) is 12.1 Å². The lowest BCUT2D eigenvalue weighted by Crippen LogP contribution is -2.61. The van der Waals surface area contributed by atoms with Crippen molar-refractivity contribution in [3.63, 3.8) is 0 Å². The van der Waals surface area contributed by atoms with Gasteiger partial charge in [-0.15, -0.1) is 0 Å². The smallest absolute Gasteiger partial charge is 0.408 e. The molecule has 1 fully saturated rings. The van der Waals surface area contributed by atoms with E-state index in [1.165, 1.54) is 7.11 Å². The molecule has 1 atom stereocenters. The summed E-state index contributed by atoms with van der Waals surface area (Å²) in [5, 5.41) is 14.7. The van der Waals surface area contributed by atoms with Gasteiger partial charge in [-0.2, -0.15) is 0 Å². The number of hydrogen-bond acceptors (Lipinski definition) is 5. The van der Waals surface area contributed by atoms with Crippen LogP contribution in [-0.4, -0.2) is 55.5 Å². The molecule has 0 spiro atoms. The Balaban J connectivity index is 1.39. The van der Waals surface area contributed by atoms with Crippen LogP contribution in [0, 0.1) is 5.41 Å². The molecule has 0 saturated heterocycles. The molecule has 4 rings (SSSR count). The van der Waals surface area contributed by atoms with Crippen molar-refractivity contribution >= 4 is 18.0 Å². The highest BCUT2D eigenvalue weighted by Crippen LogP contribution is 2.45. The van der Waals surface area contributed by atoms with E-state index < -0.39 is 28.9 Å². The number of hydrogen-bond donors (Lipinski definition) is 3. The minimum absolute atomic E-state index is 0.00801. The predicted octanol–water partition coefficient (Wildman–Crippen LogP) is 3.69. The molecule has 2 aromatic rings. The Kier molecular flexibility index (Phi) is 7.12. The second-order valence-corrected chi connectivity index (χ2v) is 9.82. The first-order valence-electron chi connectivity index (χ1n) is 11.9. The van der Waals surface area contributed by atoms with Crippen molar-refractivity contribution in [2.75, 3.05) is 26.9 Å². The maximum atomic E-state index is 13.0. The van der Waals surface area contributed by atoms with Crippen molar-refractivity contribution in [3.05, 3.63) is 59.7 Å². The number of amides is 2. The lowest BCUT2D eigenvalue weighted by Gasteiger charge is -2.41. The van der Waals surface area contributed by atoms with Gasteiger partial charge in [-0.1, -0.05) is 55.0 Å². The van der Waals surface area contributed by atoms with Crippen LogP contribution in [0.25, 0.3) is 11.1 Å². The molecule has 186 valence electrons. The van der Waals surface area contributed by atoms with Crippen molar-refractivity contribution in [2.45, 2.75) is 44.1 Å². The Hall–Kier alpha value is -3.39. The molecule has 3 N–H and O–H groups in total. The molecule has 2 aromatic carbocycles. The molecule has 8 nitrogen and oxygen atoms in total. The van der Waals surface area contributed by atoms with E-state index in [-0.39, 0.29) is 32.1 Å². The van der Waals surface area contributed by atoms with Gasteiger partial charge < -0.3 is 25.2 Å². The van der Waals surface area contributed by atoms with Gasteiger partial charge in [-0.05, 0) is 47.4 Å².